The number of hydrogen-bond donors (Lipinski definition) is 0. The van der Waals surface area contributed by atoms with E-state index in [1.807, 2.05) is 0 Å². The van der Waals surface area contributed by atoms with Crippen molar-refractivity contribution < 1.29 is 4.79 Å². The Morgan fingerprint density at radius 1 is 1.08 bits per heavy atom. The van der Waals surface area contributed by atoms with Gasteiger partial charge in [-0.25, -0.2) is 0 Å². The summed E-state index contributed by atoms with van der Waals surface area (Å²) >= 11 is 0. The molecule has 3 fully saturated rings. The molecule has 1 saturated heterocycles. The second-order valence-corrected chi connectivity index (χ2v) is 8.23. The molecule has 3 heteroatoms. The third-order valence-corrected chi connectivity index (χ3v) is 6.87. The first-order chi connectivity index (χ1) is 11.6. The Bertz CT molecular complexity index is 618. The number of carbonyl (C=O) groups excluding carboxylic acids is 1. The van der Waals surface area contributed by atoms with Crippen LogP contribution in [0.1, 0.15) is 43.2 Å². The van der Waals surface area contributed by atoms with Crippen LogP contribution in [0.15, 0.2) is 18.2 Å². The number of anilines is 1. The predicted octanol–water partition coefficient (Wildman–Crippen LogP) is 3.78. The molecule has 1 aliphatic heterocycles. The highest BCUT2D eigenvalue weighted by Crippen LogP contribution is 2.49. The summed E-state index contributed by atoms with van der Waals surface area (Å²) in [7, 11) is 0. The number of piperazine rings is 1. The van der Waals surface area contributed by atoms with Gasteiger partial charge in [0.05, 0.1) is 0 Å². The van der Waals surface area contributed by atoms with Gasteiger partial charge in [0.25, 0.3) is 0 Å². The molecule has 1 heterocycles. The summed E-state index contributed by atoms with van der Waals surface area (Å²) < 4.78 is 0. The van der Waals surface area contributed by atoms with Crippen LogP contribution < -0.4 is 4.90 Å². The summed E-state index contributed by atoms with van der Waals surface area (Å²) in [5.41, 5.74) is 4.07. The summed E-state index contributed by atoms with van der Waals surface area (Å²) in [6.07, 6.45) is 6.33. The van der Waals surface area contributed by atoms with Crippen LogP contribution in [0.3, 0.4) is 0 Å². The van der Waals surface area contributed by atoms with Crippen molar-refractivity contribution in [3.05, 3.63) is 29.3 Å². The zero-order valence-corrected chi connectivity index (χ0v) is 15.1. The summed E-state index contributed by atoms with van der Waals surface area (Å²) in [5, 5.41) is 0. The molecule has 0 unspecified atom stereocenters. The van der Waals surface area contributed by atoms with E-state index in [4.69, 9.17) is 0 Å². The van der Waals surface area contributed by atoms with Crippen LogP contribution in [0.25, 0.3) is 0 Å². The summed E-state index contributed by atoms with van der Waals surface area (Å²) in [5.74, 6) is 2.89. The Morgan fingerprint density at radius 3 is 2.54 bits per heavy atom. The molecule has 0 aromatic heterocycles. The maximum Gasteiger partial charge on any atom is 0.222 e. The van der Waals surface area contributed by atoms with Gasteiger partial charge in [-0.2, -0.15) is 0 Å². The third-order valence-electron chi connectivity index (χ3n) is 6.87. The molecule has 2 aliphatic carbocycles. The number of benzene rings is 1. The maximum atomic E-state index is 12.7. The highest BCUT2D eigenvalue weighted by molar-refractivity contribution is 5.77. The first-order valence-electron chi connectivity index (χ1n) is 9.70. The topological polar surface area (TPSA) is 23.6 Å². The summed E-state index contributed by atoms with van der Waals surface area (Å²) in [6.45, 7) is 8.07. The summed E-state index contributed by atoms with van der Waals surface area (Å²) in [6, 6.07) is 6.54. The van der Waals surface area contributed by atoms with Gasteiger partial charge in [0.1, 0.15) is 0 Å². The highest BCUT2D eigenvalue weighted by atomic mass is 16.2. The van der Waals surface area contributed by atoms with Crippen LogP contribution in [0.5, 0.6) is 0 Å². The van der Waals surface area contributed by atoms with E-state index >= 15 is 0 Å². The Hall–Kier alpha value is -1.51. The van der Waals surface area contributed by atoms with Gasteiger partial charge in [0, 0.05) is 38.3 Å². The van der Waals surface area contributed by atoms with Crippen molar-refractivity contribution >= 4 is 11.6 Å². The van der Waals surface area contributed by atoms with E-state index in [9.17, 15) is 4.79 Å². The van der Waals surface area contributed by atoms with Crippen molar-refractivity contribution in [2.24, 2.45) is 17.8 Å². The van der Waals surface area contributed by atoms with Crippen LogP contribution in [-0.4, -0.2) is 37.0 Å². The van der Waals surface area contributed by atoms with Crippen molar-refractivity contribution in [3.63, 3.8) is 0 Å². The van der Waals surface area contributed by atoms with Crippen molar-refractivity contribution in [1.82, 2.24) is 4.90 Å². The second kappa shape index (κ2) is 6.42. The van der Waals surface area contributed by atoms with Gasteiger partial charge >= 0.3 is 0 Å². The lowest BCUT2D eigenvalue weighted by Gasteiger charge is -2.37. The lowest BCUT2D eigenvalue weighted by molar-refractivity contribution is -0.132. The standard InChI is InChI=1S/C21H30N2O/c1-15-4-3-5-20(16(15)2)22-8-10-23(11-9-22)21(24)14-19-13-17-6-7-18(19)12-17/h3-5,17-19H,6-14H2,1-2H3/t17-,18-,19-/m0/s1. The molecule has 1 aromatic carbocycles. The van der Waals surface area contributed by atoms with Crippen LogP contribution in [0, 0.1) is 31.6 Å². The molecule has 130 valence electrons. The molecule has 1 aromatic rings. The number of aryl methyl sites for hydroxylation is 1. The number of fused-ring (bicyclic) bond motifs is 2. The Balaban J connectivity index is 1.32. The predicted molar refractivity (Wildman–Crippen MR) is 98.3 cm³/mol. The van der Waals surface area contributed by atoms with Crippen molar-refractivity contribution in [1.29, 1.82) is 0 Å². The average molecular weight is 326 g/mol. The van der Waals surface area contributed by atoms with Crippen LogP contribution in [0.2, 0.25) is 0 Å². The fourth-order valence-electron chi connectivity index (χ4n) is 5.25. The van der Waals surface area contributed by atoms with Crippen molar-refractivity contribution in [3.8, 4) is 0 Å². The molecule has 1 amide bonds. The van der Waals surface area contributed by atoms with E-state index in [0.29, 0.717) is 11.8 Å². The molecule has 4 rings (SSSR count). The van der Waals surface area contributed by atoms with Gasteiger partial charge < -0.3 is 9.80 Å². The maximum absolute atomic E-state index is 12.7. The summed E-state index contributed by atoms with van der Waals surface area (Å²) in [4.78, 5) is 17.3. The monoisotopic (exact) mass is 326 g/mol. The van der Waals surface area contributed by atoms with Crippen LogP contribution in [0.4, 0.5) is 5.69 Å². The second-order valence-electron chi connectivity index (χ2n) is 8.23. The largest absolute Gasteiger partial charge is 0.368 e. The van der Waals surface area contributed by atoms with E-state index in [1.54, 1.807) is 0 Å². The molecule has 2 bridgehead atoms. The SMILES string of the molecule is Cc1cccc(N2CCN(C(=O)C[C@@H]3C[C@H]4CC[C@H]3C4)CC2)c1C. The number of rotatable bonds is 3. The fraction of sp³-hybridized carbons (Fsp3) is 0.667. The number of carbonyl (C=O) groups is 1. The van der Waals surface area contributed by atoms with E-state index in [-0.39, 0.29) is 0 Å². The number of hydrogen-bond acceptors (Lipinski definition) is 2. The smallest absolute Gasteiger partial charge is 0.222 e. The molecule has 0 radical (unpaired) electrons. The molecule has 0 spiro atoms. The molecule has 2 saturated carbocycles. The van der Waals surface area contributed by atoms with Gasteiger partial charge in [0.15, 0.2) is 0 Å². The molecule has 3 atom stereocenters. The minimum atomic E-state index is 0.410. The van der Waals surface area contributed by atoms with Crippen molar-refractivity contribution in [2.45, 2.75) is 46.0 Å². The normalized spacial score (nSPS) is 29.3. The minimum Gasteiger partial charge on any atom is -0.368 e. The van der Waals surface area contributed by atoms with E-state index in [0.717, 1.165) is 44.4 Å². The van der Waals surface area contributed by atoms with Gasteiger partial charge in [-0.05, 0) is 68.1 Å². The average Bonchev–Trinajstić information content (AvgIpc) is 3.20. The fourth-order valence-corrected chi connectivity index (χ4v) is 5.25. The lowest BCUT2D eigenvalue weighted by atomic mass is 9.86. The molecular formula is C21H30N2O. The van der Waals surface area contributed by atoms with E-state index in [2.05, 4.69) is 41.8 Å². The minimum absolute atomic E-state index is 0.410. The van der Waals surface area contributed by atoms with Crippen LogP contribution in [-0.2, 0) is 4.79 Å². The first-order valence-corrected chi connectivity index (χ1v) is 9.70. The molecule has 24 heavy (non-hydrogen) atoms. The van der Waals surface area contributed by atoms with Gasteiger partial charge in [0.2, 0.25) is 5.91 Å². The first kappa shape index (κ1) is 16.0. The molecule has 0 N–H and O–H groups in total. The van der Waals surface area contributed by atoms with E-state index < -0.39 is 0 Å². The van der Waals surface area contributed by atoms with Gasteiger partial charge in [-0.1, -0.05) is 18.6 Å². The number of amides is 1. The Kier molecular flexibility index (Phi) is 4.28. The van der Waals surface area contributed by atoms with E-state index in [1.165, 1.54) is 42.5 Å². The Morgan fingerprint density at radius 2 is 1.88 bits per heavy atom. The zero-order chi connectivity index (χ0) is 16.7. The molecule has 3 nitrogen and oxygen atoms in total. The van der Waals surface area contributed by atoms with Gasteiger partial charge in [-0.15, -0.1) is 0 Å². The molecular weight excluding hydrogens is 296 g/mol. The zero-order valence-electron chi connectivity index (χ0n) is 15.1. The highest BCUT2D eigenvalue weighted by Gasteiger charge is 2.40. The lowest BCUT2D eigenvalue weighted by Crippen LogP contribution is -2.49. The van der Waals surface area contributed by atoms with Gasteiger partial charge in [-0.3, -0.25) is 4.79 Å². The quantitative estimate of drug-likeness (QED) is 0.844. The Labute approximate surface area is 146 Å². The van der Waals surface area contributed by atoms with Crippen molar-refractivity contribution in [2.75, 3.05) is 31.1 Å². The third kappa shape index (κ3) is 2.94. The van der Waals surface area contributed by atoms with Crippen LogP contribution >= 0.6 is 0 Å². The molecule has 3 aliphatic rings. The number of nitrogens with zero attached hydrogens (tertiary/aromatic N) is 2.